The molecule has 88 valence electrons. The van der Waals surface area contributed by atoms with Crippen LogP contribution in [0.25, 0.3) is 0 Å². The van der Waals surface area contributed by atoms with Crippen LogP contribution >= 0.6 is 11.8 Å². The van der Waals surface area contributed by atoms with Gasteiger partial charge in [0.05, 0.1) is 0 Å². The number of aliphatic hydroxyl groups excluding tert-OH is 1. The topological polar surface area (TPSA) is 91.7 Å². The first-order chi connectivity index (χ1) is 7.67. The molecular formula is C10H15N3O2S. The van der Waals surface area contributed by atoms with Gasteiger partial charge in [0.25, 0.3) is 0 Å². The van der Waals surface area contributed by atoms with Crippen molar-refractivity contribution in [3.8, 4) is 0 Å². The second kappa shape index (κ2) is 6.34. The Balaban J connectivity index is 2.58. The molecule has 0 saturated carbocycles. The van der Waals surface area contributed by atoms with Crippen LogP contribution < -0.4 is 5.73 Å². The van der Waals surface area contributed by atoms with Crippen LogP contribution in [-0.4, -0.2) is 33.5 Å². The maximum atomic E-state index is 8.87. The molecule has 0 saturated heterocycles. The van der Waals surface area contributed by atoms with E-state index in [0.717, 1.165) is 10.6 Å². The number of aliphatic hydroxyl groups is 1. The molecule has 0 bridgehead atoms. The lowest BCUT2D eigenvalue weighted by molar-refractivity contribution is 0.250. The molecule has 1 aromatic heterocycles. The maximum Gasteiger partial charge on any atom is 0.188 e. The zero-order chi connectivity index (χ0) is 12.0. The molecule has 0 aliphatic rings. The molecule has 1 rings (SSSR count). The van der Waals surface area contributed by atoms with Gasteiger partial charge in [-0.05, 0) is 18.1 Å². The predicted octanol–water partition coefficient (Wildman–Crippen LogP) is 0.897. The van der Waals surface area contributed by atoms with Crippen molar-refractivity contribution in [3.63, 3.8) is 0 Å². The Morgan fingerprint density at radius 3 is 2.88 bits per heavy atom. The van der Waals surface area contributed by atoms with Crippen molar-refractivity contribution in [2.75, 3.05) is 12.4 Å². The van der Waals surface area contributed by atoms with E-state index in [1.807, 2.05) is 13.0 Å². The van der Waals surface area contributed by atoms with Crippen molar-refractivity contribution >= 4 is 17.6 Å². The minimum absolute atomic E-state index is 0.000256. The molecule has 0 spiro atoms. The highest BCUT2D eigenvalue weighted by atomic mass is 32.2. The molecule has 0 aliphatic heterocycles. The number of hydrogen-bond donors (Lipinski definition) is 3. The van der Waals surface area contributed by atoms with E-state index in [2.05, 4.69) is 10.1 Å². The molecule has 0 aromatic carbocycles. The van der Waals surface area contributed by atoms with Gasteiger partial charge < -0.3 is 16.0 Å². The van der Waals surface area contributed by atoms with E-state index in [9.17, 15) is 0 Å². The summed E-state index contributed by atoms with van der Waals surface area (Å²) in [7, 11) is 0. The van der Waals surface area contributed by atoms with Gasteiger partial charge in [-0.25, -0.2) is 0 Å². The highest BCUT2D eigenvalue weighted by Gasteiger charge is 2.03. The first kappa shape index (κ1) is 12.8. The van der Waals surface area contributed by atoms with Gasteiger partial charge in [0.15, 0.2) is 5.84 Å². The third-order valence-electron chi connectivity index (χ3n) is 1.95. The maximum absolute atomic E-state index is 8.87. The summed E-state index contributed by atoms with van der Waals surface area (Å²) in [4.78, 5) is 5.05. The van der Waals surface area contributed by atoms with Crippen molar-refractivity contribution in [3.05, 3.63) is 24.0 Å². The summed E-state index contributed by atoms with van der Waals surface area (Å²) in [5.41, 5.74) is 5.83. The summed E-state index contributed by atoms with van der Waals surface area (Å²) in [6, 6.07) is 3.55. The van der Waals surface area contributed by atoms with Crippen molar-refractivity contribution in [1.29, 1.82) is 0 Å². The Labute approximate surface area is 98.4 Å². The van der Waals surface area contributed by atoms with Crippen LogP contribution in [0.2, 0.25) is 0 Å². The van der Waals surface area contributed by atoms with Crippen LogP contribution in [0.1, 0.15) is 12.6 Å². The molecular weight excluding hydrogens is 226 g/mol. The lowest BCUT2D eigenvalue weighted by Gasteiger charge is -2.06. The van der Waals surface area contributed by atoms with E-state index in [-0.39, 0.29) is 18.4 Å². The number of nitrogens with zero attached hydrogens (tertiary/aromatic N) is 2. The summed E-state index contributed by atoms with van der Waals surface area (Å²) < 4.78 is 0. The number of pyridine rings is 1. The first-order valence-corrected chi connectivity index (χ1v) is 5.83. The Morgan fingerprint density at radius 1 is 1.62 bits per heavy atom. The zero-order valence-corrected chi connectivity index (χ0v) is 9.81. The monoisotopic (exact) mass is 241 g/mol. The summed E-state index contributed by atoms with van der Waals surface area (Å²) in [5, 5.41) is 20.2. The normalized spacial score (nSPS) is 13.8. The minimum atomic E-state index is 0.000256. The van der Waals surface area contributed by atoms with Crippen LogP contribution in [0.15, 0.2) is 28.4 Å². The Kier molecular flexibility index (Phi) is 5.07. The third kappa shape index (κ3) is 3.71. The van der Waals surface area contributed by atoms with E-state index in [1.54, 1.807) is 24.0 Å². The summed E-state index contributed by atoms with van der Waals surface area (Å²) in [6.45, 7) is 2.16. The fraction of sp³-hybridized carbons (Fsp3) is 0.400. The van der Waals surface area contributed by atoms with Gasteiger partial charge in [0.1, 0.15) is 5.69 Å². The standard InChI is InChI=1S/C10H15N3O2S/c1-7(5-14)6-16-8-2-3-9(12-4-8)10(11)13-15/h2-4,7,14-15H,5-6H2,1H3,(H2,11,13). The predicted molar refractivity (Wildman–Crippen MR) is 63.7 cm³/mol. The number of oxime groups is 1. The van der Waals surface area contributed by atoms with Gasteiger partial charge in [-0.1, -0.05) is 12.1 Å². The van der Waals surface area contributed by atoms with Gasteiger partial charge in [0, 0.05) is 23.5 Å². The quantitative estimate of drug-likeness (QED) is 0.234. The van der Waals surface area contributed by atoms with Crippen LogP contribution in [0.4, 0.5) is 0 Å². The fourth-order valence-corrected chi connectivity index (χ4v) is 1.83. The van der Waals surface area contributed by atoms with Gasteiger partial charge >= 0.3 is 0 Å². The molecule has 5 nitrogen and oxygen atoms in total. The fourth-order valence-electron chi connectivity index (χ4n) is 0.960. The second-order valence-electron chi connectivity index (χ2n) is 3.46. The van der Waals surface area contributed by atoms with Crippen molar-refractivity contribution in [2.45, 2.75) is 11.8 Å². The van der Waals surface area contributed by atoms with Gasteiger partial charge in [0.2, 0.25) is 0 Å². The van der Waals surface area contributed by atoms with E-state index in [1.165, 1.54) is 0 Å². The number of nitrogens with two attached hydrogens (primary N) is 1. The number of thioether (sulfide) groups is 1. The summed E-state index contributed by atoms with van der Waals surface area (Å²) >= 11 is 1.62. The average molecular weight is 241 g/mol. The Morgan fingerprint density at radius 2 is 2.38 bits per heavy atom. The van der Waals surface area contributed by atoms with Gasteiger partial charge in [-0.2, -0.15) is 0 Å². The molecule has 4 N–H and O–H groups in total. The average Bonchev–Trinajstić information content (AvgIpc) is 2.35. The molecule has 0 fully saturated rings. The van der Waals surface area contributed by atoms with Crippen molar-refractivity contribution in [2.24, 2.45) is 16.8 Å². The van der Waals surface area contributed by atoms with Crippen LogP contribution in [0.5, 0.6) is 0 Å². The van der Waals surface area contributed by atoms with E-state index in [4.69, 9.17) is 16.0 Å². The van der Waals surface area contributed by atoms with Crippen LogP contribution in [0, 0.1) is 5.92 Å². The minimum Gasteiger partial charge on any atom is -0.409 e. The van der Waals surface area contributed by atoms with E-state index < -0.39 is 0 Å². The smallest absolute Gasteiger partial charge is 0.188 e. The third-order valence-corrected chi connectivity index (χ3v) is 3.26. The first-order valence-electron chi connectivity index (χ1n) is 4.85. The Bertz CT molecular complexity index is 354. The molecule has 1 heterocycles. The van der Waals surface area contributed by atoms with Crippen LogP contribution in [0.3, 0.4) is 0 Å². The van der Waals surface area contributed by atoms with Crippen molar-refractivity contribution < 1.29 is 10.3 Å². The number of rotatable bonds is 5. The van der Waals surface area contributed by atoms with Gasteiger partial charge in [-0.15, -0.1) is 11.8 Å². The number of aromatic nitrogens is 1. The van der Waals surface area contributed by atoms with Gasteiger partial charge in [-0.3, -0.25) is 4.98 Å². The summed E-state index contributed by atoms with van der Waals surface area (Å²) in [5.74, 6) is 1.09. The summed E-state index contributed by atoms with van der Waals surface area (Å²) in [6.07, 6.45) is 1.67. The largest absolute Gasteiger partial charge is 0.409 e. The second-order valence-corrected chi connectivity index (χ2v) is 4.56. The van der Waals surface area contributed by atoms with Crippen LogP contribution in [-0.2, 0) is 0 Å². The molecule has 16 heavy (non-hydrogen) atoms. The zero-order valence-electron chi connectivity index (χ0n) is 9.00. The number of hydrogen-bond acceptors (Lipinski definition) is 5. The Hall–Kier alpha value is -1.27. The molecule has 1 aromatic rings. The lowest BCUT2D eigenvalue weighted by Crippen LogP contribution is -2.14. The molecule has 1 unspecified atom stereocenters. The van der Waals surface area contributed by atoms with E-state index >= 15 is 0 Å². The SMILES string of the molecule is CC(CO)CSc1ccc(/C(N)=N/O)nc1. The van der Waals surface area contributed by atoms with Crippen molar-refractivity contribution in [1.82, 2.24) is 4.98 Å². The molecule has 6 heteroatoms. The molecule has 0 amide bonds. The highest BCUT2D eigenvalue weighted by molar-refractivity contribution is 7.99. The molecule has 0 radical (unpaired) electrons. The highest BCUT2D eigenvalue weighted by Crippen LogP contribution is 2.19. The molecule has 1 atom stereocenters. The molecule has 0 aliphatic carbocycles. The van der Waals surface area contributed by atoms with E-state index in [0.29, 0.717) is 5.69 Å². The lowest BCUT2D eigenvalue weighted by atomic mass is 10.2. The number of amidine groups is 1.